The van der Waals surface area contributed by atoms with Gasteiger partial charge in [-0.3, -0.25) is 0 Å². The maximum Gasteiger partial charge on any atom is 0.312 e. The highest BCUT2D eigenvalue weighted by Crippen LogP contribution is 2.13. The van der Waals surface area contributed by atoms with E-state index in [9.17, 15) is 4.79 Å². The van der Waals surface area contributed by atoms with Gasteiger partial charge in [-0.25, -0.2) is 4.79 Å². The zero-order chi connectivity index (χ0) is 12.0. The summed E-state index contributed by atoms with van der Waals surface area (Å²) in [4.78, 5) is 10.4. The zero-order valence-electron chi connectivity index (χ0n) is 9.08. The van der Waals surface area contributed by atoms with Crippen LogP contribution in [0.25, 0.3) is 0 Å². The lowest BCUT2D eigenvalue weighted by Gasteiger charge is -2.07. The maximum absolute atomic E-state index is 10.4. The average Bonchev–Trinajstić information content (AvgIpc) is 2.24. The van der Waals surface area contributed by atoms with Crippen LogP contribution in [0, 0.1) is 18.3 Å². The van der Waals surface area contributed by atoms with E-state index < -0.39 is 6.03 Å². The summed E-state index contributed by atoms with van der Waals surface area (Å²) in [6.45, 7) is 2.94. The second-order valence-corrected chi connectivity index (χ2v) is 3.36. The summed E-state index contributed by atoms with van der Waals surface area (Å²) in [6, 6.07) is 7.06. The van der Waals surface area contributed by atoms with Crippen LogP contribution in [0.3, 0.4) is 0 Å². The van der Waals surface area contributed by atoms with Crippen molar-refractivity contribution in [2.24, 2.45) is 5.73 Å². The minimum Gasteiger partial charge on any atom is -0.383 e. The lowest BCUT2D eigenvalue weighted by Crippen LogP contribution is -2.33. The molecule has 0 aromatic heterocycles. The van der Waals surface area contributed by atoms with Crippen molar-refractivity contribution in [1.82, 2.24) is 5.32 Å². The largest absolute Gasteiger partial charge is 0.383 e. The number of benzene rings is 1. The van der Waals surface area contributed by atoms with Gasteiger partial charge in [0.1, 0.15) is 0 Å². The standard InChI is InChI=1S/C11H14N4O/c1-8-6-10(3-2-9(8)7-12)14-4-5-15-11(13)16/h2-3,6,14H,4-5H2,1H3,(H3,13,15,16). The van der Waals surface area contributed by atoms with Gasteiger partial charge in [-0.2, -0.15) is 5.26 Å². The molecule has 2 amide bonds. The lowest BCUT2D eigenvalue weighted by atomic mass is 10.1. The number of primary amides is 1. The molecule has 0 bridgehead atoms. The number of aryl methyl sites for hydroxylation is 1. The van der Waals surface area contributed by atoms with Crippen molar-refractivity contribution in [2.45, 2.75) is 6.92 Å². The van der Waals surface area contributed by atoms with Gasteiger partial charge in [0.25, 0.3) is 0 Å². The van der Waals surface area contributed by atoms with E-state index in [-0.39, 0.29) is 0 Å². The van der Waals surface area contributed by atoms with Crippen molar-refractivity contribution in [1.29, 1.82) is 5.26 Å². The minimum atomic E-state index is -0.530. The molecule has 4 N–H and O–H groups in total. The van der Waals surface area contributed by atoms with Crippen LogP contribution in [0.5, 0.6) is 0 Å². The van der Waals surface area contributed by atoms with E-state index in [2.05, 4.69) is 16.7 Å². The molecular weight excluding hydrogens is 204 g/mol. The summed E-state index contributed by atoms with van der Waals surface area (Å²) in [5.41, 5.74) is 7.43. The average molecular weight is 218 g/mol. The minimum absolute atomic E-state index is 0.467. The summed E-state index contributed by atoms with van der Waals surface area (Å²) in [5, 5.41) is 14.3. The van der Waals surface area contributed by atoms with Crippen molar-refractivity contribution in [3.8, 4) is 6.07 Å². The monoisotopic (exact) mass is 218 g/mol. The molecule has 0 aliphatic heterocycles. The number of carbonyl (C=O) groups is 1. The number of hydrogen-bond donors (Lipinski definition) is 3. The summed E-state index contributed by atoms with van der Waals surface area (Å²) < 4.78 is 0. The van der Waals surface area contributed by atoms with Crippen LogP contribution in [0.4, 0.5) is 10.5 Å². The van der Waals surface area contributed by atoms with E-state index in [0.717, 1.165) is 11.3 Å². The number of nitriles is 1. The fraction of sp³-hybridized carbons (Fsp3) is 0.273. The topological polar surface area (TPSA) is 90.9 Å². The normalized spacial score (nSPS) is 9.25. The highest BCUT2D eigenvalue weighted by molar-refractivity contribution is 5.71. The molecular formula is C11H14N4O. The third-order valence-corrected chi connectivity index (χ3v) is 2.10. The first-order valence-corrected chi connectivity index (χ1v) is 4.91. The van der Waals surface area contributed by atoms with Crippen LogP contribution in [0.15, 0.2) is 18.2 Å². The molecule has 0 aliphatic carbocycles. The Hall–Kier alpha value is -2.22. The molecule has 0 unspecified atom stereocenters. The number of nitrogens with two attached hydrogens (primary N) is 1. The molecule has 1 aromatic rings. The number of carbonyl (C=O) groups excluding carboxylic acids is 1. The number of urea groups is 1. The predicted molar refractivity (Wildman–Crippen MR) is 62.0 cm³/mol. The van der Waals surface area contributed by atoms with Crippen molar-refractivity contribution in [3.63, 3.8) is 0 Å². The van der Waals surface area contributed by atoms with Crippen LogP contribution in [0.1, 0.15) is 11.1 Å². The second-order valence-electron chi connectivity index (χ2n) is 3.36. The van der Waals surface area contributed by atoms with E-state index >= 15 is 0 Å². The number of anilines is 1. The third kappa shape index (κ3) is 3.50. The fourth-order valence-electron chi connectivity index (χ4n) is 1.29. The molecule has 0 aliphatic rings. The fourth-order valence-corrected chi connectivity index (χ4v) is 1.29. The van der Waals surface area contributed by atoms with Gasteiger partial charge >= 0.3 is 6.03 Å². The first-order chi connectivity index (χ1) is 7.63. The van der Waals surface area contributed by atoms with Crippen molar-refractivity contribution in [3.05, 3.63) is 29.3 Å². The van der Waals surface area contributed by atoms with Gasteiger partial charge in [-0.15, -0.1) is 0 Å². The molecule has 0 atom stereocenters. The number of hydrogen-bond acceptors (Lipinski definition) is 3. The van der Waals surface area contributed by atoms with Crippen LogP contribution < -0.4 is 16.4 Å². The molecule has 5 nitrogen and oxygen atoms in total. The highest BCUT2D eigenvalue weighted by Gasteiger charge is 1.98. The predicted octanol–water partition coefficient (Wildman–Crippen LogP) is 0.947. The maximum atomic E-state index is 10.4. The van der Waals surface area contributed by atoms with E-state index in [4.69, 9.17) is 11.0 Å². The molecule has 16 heavy (non-hydrogen) atoms. The van der Waals surface area contributed by atoms with Gasteiger partial charge in [0.15, 0.2) is 0 Å². The first kappa shape index (κ1) is 11.9. The van der Waals surface area contributed by atoms with E-state index in [0.29, 0.717) is 18.7 Å². The number of nitrogens with zero attached hydrogens (tertiary/aromatic N) is 1. The molecule has 0 spiro atoms. The van der Waals surface area contributed by atoms with Gasteiger partial charge in [-0.05, 0) is 30.7 Å². The summed E-state index contributed by atoms with van der Waals surface area (Å²) in [6.07, 6.45) is 0. The molecule has 0 saturated heterocycles. The van der Waals surface area contributed by atoms with Gasteiger partial charge in [0.2, 0.25) is 0 Å². The molecule has 0 heterocycles. The molecule has 5 heteroatoms. The van der Waals surface area contributed by atoms with Gasteiger partial charge in [0.05, 0.1) is 11.6 Å². The molecule has 1 rings (SSSR count). The Morgan fingerprint density at radius 1 is 1.50 bits per heavy atom. The Bertz CT molecular complexity index is 422. The van der Waals surface area contributed by atoms with Crippen LogP contribution in [-0.2, 0) is 0 Å². The van der Waals surface area contributed by atoms with Crippen molar-refractivity contribution in [2.75, 3.05) is 18.4 Å². The van der Waals surface area contributed by atoms with Crippen LogP contribution in [0.2, 0.25) is 0 Å². The Kier molecular flexibility index (Phi) is 4.16. The van der Waals surface area contributed by atoms with Gasteiger partial charge in [0, 0.05) is 18.8 Å². The first-order valence-electron chi connectivity index (χ1n) is 4.91. The summed E-state index contributed by atoms with van der Waals surface area (Å²) in [7, 11) is 0. The highest BCUT2D eigenvalue weighted by atomic mass is 16.2. The number of amides is 2. The van der Waals surface area contributed by atoms with Crippen LogP contribution in [-0.4, -0.2) is 19.1 Å². The van der Waals surface area contributed by atoms with E-state index in [1.807, 2.05) is 19.1 Å². The van der Waals surface area contributed by atoms with Gasteiger partial charge < -0.3 is 16.4 Å². The summed E-state index contributed by atoms with van der Waals surface area (Å²) in [5.74, 6) is 0. The number of nitrogens with one attached hydrogen (secondary N) is 2. The number of rotatable bonds is 4. The molecule has 1 aromatic carbocycles. The Labute approximate surface area is 94.2 Å². The smallest absolute Gasteiger partial charge is 0.312 e. The second kappa shape index (κ2) is 5.61. The van der Waals surface area contributed by atoms with E-state index in [1.54, 1.807) is 6.07 Å². The quantitative estimate of drug-likeness (QED) is 0.657. The Balaban J connectivity index is 2.47. The molecule has 84 valence electrons. The SMILES string of the molecule is Cc1cc(NCCNC(N)=O)ccc1C#N. The molecule has 0 fully saturated rings. The third-order valence-electron chi connectivity index (χ3n) is 2.10. The summed E-state index contributed by atoms with van der Waals surface area (Å²) >= 11 is 0. The van der Waals surface area contributed by atoms with Gasteiger partial charge in [-0.1, -0.05) is 0 Å². The van der Waals surface area contributed by atoms with Crippen LogP contribution >= 0.6 is 0 Å². The van der Waals surface area contributed by atoms with E-state index in [1.165, 1.54) is 0 Å². The lowest BCUT2D eigenvalue weighted by molar-refractivity contribution is 0.249. The Morgan fingerprint density at radius 3 is 2.81 bits per heavy atom. The molecule has 0 radical (unpaired) electrons. The molecule has 0 saturated carbocycles. The van der Waals surface area contributed by atoms with Crippen molar-refractivity contribution < 1.29 is 4.79 Å². The van der Waals surface area contributed by atoms with Crippen molar-refractivity contribution >= 4 is 11.7 Å². The zero-order valence-corrected chi connectivity index (χ0v) is 9.08. The Morgan fingerprint density at radius 2 is 2.25 bits per heavy atom.